The fourth-order valence-electron chi connectivity index (χ4n) is 2.87. The molecule has 0 N–H and O–H groups in total. The number of rotatable bonds is 6. The fraction of sp³-hybridized carbons (Fsp3) is 0.778. The van der Waals surface area contributed by atoms with Gasteiger partial charge in [0.05, 0.1) is 13.3 Å². The molecule has 0 bridgehead atoms. The highest BCUT2D eigenvalue weighted by molar-refractivity contribution is 5.43. The summed E-state index contributed by atoms with van der Waals surface area (Å²) in [5.74, 6) is 0.0732. The average molecular weight is 297 g/mol. The Morgan fingerprint density at radius 2 is 1.86 bits per heavy atom. The summed E-state index contributed by atoms with van der Waals surface area (Å²) in [6.07, 6.45) is 4.26. The van der Waals surface area contributed by atoms with E-state index >= 15 is 0 Å². The van der Waals surface area contributed by atoms with Crippen molar-refractivity contribution in [3.8, 4) is 0 Å². The molecule has 1 fully saturated rings. The van der Waals surface area contributed by atoms with Crippen LogP contribution in [-0.2, 0) is 4.74 Å². The van der Waals surface area contributed by atoms with Crippen LogP contribution < -0.4 is 0 Å². The van der Waals surface area contributed by atoms with E-state index in [1.807, 2.05) is 19.9 Å². The fourth-order valence-corrected chi connectivity index (χ4v) is 2.87. The molecule has 0 spiro atoms. The van der Waals surface area contributed by atoms with E-state index in [4.69, 9.17) is 4.74 Å². The summed E-state index contributed by atoms with van der Waals surface area (Å²) < 4.78 is 19.9. The van der Waals surface area contributed by atoms with E-state index in [9.17, 15) is 4.39 Å². The van der Waals surface area contributed by atoms with Crippen molar-refractivity contribution in [3.05, 3.63) is 23.3 Å². The number of hydrogen-bond donors (Lipinski definition) is 0. The molecule has 2 aliphatic carbocycles. The zero-order chi connectivity index (χ0) is 16.2. The molecule has 2 rings (SSSR count). The Hall–Kier alpha value is -0.670. The van der Waals surface area contributed by atoms with E-state index in [1.54, 1.807) is 6.08 Å². The number of nitrogens with zero attached hydrogens (tertiary/aromatic N) is 1. The van der Waals surface area contributed by atoms with Gasteiger partial charge in [0.25, 0.3) is 0 Å². The molecule has 2 aliphatic rings. The maximum absolute atomic E-state index is 14.0. The zero-order valence-corrected chi connectivity index (χ0v) is 14.7. The van der Waals surface area contributed by atoms with Gasteiger partial charge in [-0.1, -0.05) is 19.9 Å². The van der Waals surface area contributed by atoms with Gasteiger partial charge < -0.3 is 4.74 Å². The summed E-state index contributed by atoms with van der Waals surface area (Å²) in [5, 5.41) is 0. The molecule has 2 atom stereocenters. The molecule has 1 unspecified atom stereocenters. The lowest BCUT2D eigenvalue weighted by atomic mass is 9.98. The summed E-state index contributed by atoms with van der Waals surface area (Å²) in [7, 11) is 0. The molecule has 3 heteroatoms. The topological polar surface area (TPSA) is 12.5 Å². The molecule has 2 nitrogen and oxygen atoms in total. The highest BCUT2D eigenvalue weighted by Crippen LogP contribution is 2.55. The molecule has 0 aliphatic heterocycles. The Morgan fingerprint density at radius 3 is 2.38 bits per heavy atom. The Bertz CT molecular complexity index is 392. The number of alkyl halides is 1. The number of allylic oxidation sites excluding steroid dienone is 3. The molecule has 0 heterocycles. The maximum atomic E-state index is 14.0. The SMILES string of the molecule is CC.CC1=C(COCN(C(C)C)C(C)C)C2C[C@]2(F)C=C1. The maximum Gasteiger partial charge on any atom is 0.136 e. The standard InChI is InChI=1S/C16H26FNO.C2H6/c1-11(2)18(12(3)4)10-19-9-14-13(5)6-7-16(17)8-15(14)16;1-2/h6-7,11-12,15H,8-10H2,1-5H3;1-2H3/t15?,16-;/m1./s1. The lowest BCUT2D eigenvalue weighted by Crippen LogP contribution is -2.39. The minimum atomic E-state index is -1.06. The second-order valence-electron chi connectivity index (χ2n) is 6.40. The predicted octanol–water partition coefficient (Wildman–Crippen LogP) is 4.72. The monoisotopic (exact) mass is 297 g/mol. The Labute approximate surface area is 130 Å². The van der Waals surface area contributed by atoms with Crippen LogP contribution in [-0.4, -0.2) is 36.0 Å². The first-order valence-electron chi connectivity index (χ1n) is 8.26. The molecule has 1 saturated carbocycles. The lowest BCUT2D eigenvalue weighted by Gasteiger charge is -2.30. The second-order valence-corrected chi connectivity index (χ2v) is 6.40. The van der Waals surface area contributed by atoms with Crippen LogP contribution in [0.3, 0.4) is 0 Å². The van der Waals surface area contributed by atoms with Gasteiger partial charge in [0.1, 0.15) is 5.67 Å². The van der Waals surface area contributed by atoms with E-state index in [0.717, 1.165) is 5.57 Å². The summed E-state index contributed by atoms with van der Waals surface area (Å²) in [5.41, 5.74) is 1.27. The molecule has 0 aromatic heterocycles. The first-order valence-corrected chi connectivity index (χ1v) is 8.26. The van der Waals surface area contributed by atoms with Crippen LogP contribution in [0.15, 0.2) is 23.3 Å². The van der Waals surface area contributed by atoms with Gasteiger partial charge in [0, 0.05) is 18.0 Å². The third kappa shape index (κ3) is 4.40. The number of ether oxygens (including phenoxy) is 1. The minimum absolute atomic E-state index is 0.0732. The summed E-state index contributed by atoms with van der Waals surface area (Å²) >= 11 is 0. The largest absolute Gasteiger partial charge is 0.362 e. The van der Waals surface area contributed by atoms with Crippen LogP contribution in [0.1, 0.15) is 54.9 Å². The van der Waals surface area contributed by atoms with Crippen LogP contribution in [0.25, 0.3) is 0 Å². The smallest absolute Gasteiger partial charge is 0.136 e. The molecule has 122 valence electrons. The van der Waals surface area contributed by atoms with Crippen molar-refractivity contribution >= 4 is 0 Å². The third-order valence-corrected chi connectivity index (χ3v) is 4.30. The van der Waals surface area contributed by atoms with Crippen molar-refractivity contribution in [1.29, 1.82) is 0 Å². The van der Waals surface area contributed by atoms with Gasteiger partial charge in [-0.2, -0.15) is 0 Å². The summed E-state index contributed by atoms with van der Waals surface area (Å²) in [6, 6.07) is 0.921. The van der Waals surface area contributed by atoms with Crippen molar-refractivity contribution in [2.75, 3.05) is 13.3 Å². The van der Waals surface area contributed by atoms with E-state index in [1.165, 1.54) is 5.57 Å². The van der Waals surface area contributed by atoms with Crippen LogP contribution in [0, 0.1) is 5.92 Å². The quantitative estimate of drug-likeness (QED) is 0.658. The highest BCUT2D eigenvalue weighted by atomic mass is 19.1. The van der Waals surface area contributed by atoms with Crippen LogP contribution in [0.2, 0.25) is 0 Å². The normalized spacial score (nSPS) is 27.1. The van der Waals surface area contributed by atoms with Crippen molar-refractivity contribution in [3.63, 3.8) is 0 Å². The summed E-state index contributed by atoms with van der Waals surface area (Å²) in [6.45, 7) is 15.9. The molecule has 21 heavy (non-hydrogen) atoms. The Morgan fingerprint density at radius 1 is 1.29 bits per heavy atom. The first-order chi connectivity index (χ1) is 9.85. The van der Waals surface area contributed by atoms with Crippen molar-refractivity contribution in [2.45, 2.75) is 72.6 Å². The van der Waals surface area contributed by atoms with Crippen LogP contribution in [0.5, 0.6) is 0 Å². The van der Waals surface area contributed by atoms with E-state index in [-0.39, 0.29) is 5.92 Å². The van der Waals surface area contributed by atoms with E-state index < -0.39 is 5.67 Å². The zero-order valence-electron chi connectivity index (χ0n) is 14.7. The lowest BCUT2D eigenvalue weighted by molar-refractivity contribution is 0.00234. The molecule has 0 amide bonds. The number of hydrogen-bond acceptors (Lipinski definition) is 2. The second kappa shape index (κ2) is 7.55. The van der Waals surface area contributed by atoms with Gasteiger partial charge in [0.2, 0.25) is 0 Å². The highest BCUT2D eigenvalue weighted by Gasteiger charge is 2.56. The van der Waals surface area contributed by atoms with Crippen LogP contribution in [0.4, 0.5) is 4.39 Å². The Balaban J connectivity index is 0.00000106. The minimum Gasteiger partial charge on any atom is -0.362 e. The summed E-state index contributed by atoms with van der Waals surface area (Å²) in [4.78, 5) is 2.30. The number of halogens is 1. The van der Waals surface area contributed by atoms with Crippen LogP contribution >= 0.6 is 0 Å². The van der Waals surface area contributed by atoms with Gasteiger partial charge in [-0.05, 0) is 58.3 Å². The Kier molecular flexibility index (Phi) is 6.61. The van der Waals surface area contributed by atoms with Gasteiger partial charge in [-0.15, -0.1) is 0 Å². The van der Waals surface area contributed by atoms with Crippen molar-refractivity contribution in [1.82, 2.24) is 4.90 Å². The molecule has 0 aromatic rings. The molecular formula is C18H32FNO. The predicted molar refractivity (Wildman–Crippen MR) is 88.1 cm³/mol. The van der Waals surface area contributed by atoms with Gasteiger partial charge >= 0.3 is 0 Å². The van der Waals surface area contributed by atoms with E-state index in [0.29, 0.717) is 31.8 Å². The molecular weight excluding hydrogens is 265 g/mol. The van der Waals surface area contributed by atoms with Gasteiger partial charge in [-0.25, -0.2) is 4.39 Å². The van der Waals surface area contributed by atoms with Gasteiger partial charge in [-0.3, -0.25) is 4.90 Å². The van der Waals surface area contributed by atoms with Crippen molar-refractivity contribution < 1.29 is 9.13 Å². The van der Waals surface area contributed by atoms with E-state index in [2.05, 4.69) is 39.5 Å². The number of fused-ring (bicyclic) bond motifs is 1. The molecule has 0 radical (unpaired) electrons. The molecule has 0 saturated heterocycles. The van der Waals surface area contributed by atoms with Gasteiger partial charge in [0.15, 0.2) is 0 Å². The molecule has 0 aromatic carbocycles. The van der Waals surface area contributed by atoms with Crippen molar-refractivity contribution in [2.24, 2.45) is 5.92 Å². The average Bonchev–Trinajstić information content (AvgIpc) is 3.11. The first kappa shape index (κ1) is 18.4. The third-order valence-electron chi connectivity index (χ3n) is 4.30.